The molecular weight excluding hydrogens is 266 g/mol. The molecule has 1 N–H and O–H groups in total. The van der Waals surface area contributed by atoms with Crippen molar-refractivity contribution in [1.29, 1.82) is 0 Å². The van der Waals surface area contributed by atoms with Crippen molar-refractivity contribution < 1.29 is 9.53 Å². The van der Waals surface area contributed by atoms with Crippen LogP contribution < -0.4 is 5.32 Å². The Kier molecular flexibility index (Phi) is 8.22. The summed E-state index contributed by atoms with van der Waals surface area (Å²) >= 11 is 0. The summed E-state index contributed by atoms with van der Waals surface area (Å²) in [5.41, 5.74) is 0. The lowest BCUT2D eigenvalue weighted by Crippen LogP contribution is -2.46. The number of carbonyl (C=O) groups excluding carboxylic acids is 1. The van der Waals surface area contributed by atoms with Crippen LogP contribution in [0, 0.1) is 0 Å². The summed E-state index contributed by atoms with van der Waals surface area (Å²) in [5, 5.41) is 3.32. The van der Waals surface area contributed by atoms with Crippen molar-refractivity contribution in [3.05, 3.63) is 0 Å². The van der Waals surface area contributed by atoms with E-state index >= 15 is 0 Å². The molecule has 1 unspecified atom stereocenters. The van der Waals surface area contributed by atoms with E-state index in [1.54, 1.807) is 0 Å². The Labute approximate surface area is 130 Å². The summed E-state index contributed by atoms with van der Waals surface area (Å²) in [4.78, 5) is 16.8. The highest BCUT2D eigenvalue weighted by Gasteiger charge is 2.24. The van der Waals surface area contributed by atoms with Crippen molar-refractivity contribution in [2.75, 3.05) is 40.3 Å². The Morgan fingerprint density at radius 1 is 1.33 bits per heavy atom. The highest BCUT2D eigenvalue weighted by molar-refractivity contribution is 5.75. The maximum absolute atomic E-state index is 12.0. The van der Waals surface area contributed by atoms with Gasteiger partial charge in [-0.15, -0.1) is 0 Å². The lowest BCUT2D eigenvalue weighted by molar-refractivity contribution is -0.146. The first-order valence-corrected chi connectivity index (χ1v) is 8.25. The number of esters is 1. The van der Waals surface area contributed by atoms with Crippen LogP contribution in [0.25, 0.3) is 0 Å². The molecule has 0 radical (unpaired) electrons. The monoisotopic (exact) mass is 299 g/mol. The van der Waals surface area contributed by atoms with E-state index < -0.39 is 0 Å². The highest BCUT2D eigenvalue weighted by atomic mass is 16.5. The van der Waals surface area contributed by atoms with E-state index in [-0.39, 0.29) is 12.0 Å². The molecule has 0 aromatic carbocycles. The van der Waals surface area contributed by atoms with Gasteiger partial charge in [0.05, 0.1) is 6.61 Å². The zero-order chi connectivity index (χ0) is 15.8. The van der Waals surface area contributed by atoms with Crippen LogP contribution in [0.3, 0.4) is 0 Å². The molecule has 0 aromatic rings. The van der Waals surface area contributed by atoms with Crippen LogP contribution in [0.5, 0.6) is 0 Å². The van der Waals surface area contributed by atoms with Crippen LogP contribution >= 0.6 is 0 Å². The largest absolute Gasteiger partial charge is 0.465 e. The lowest BCUT2D eigenvalue weighted by Gasteiger charge is -2.35. The minimum atomic E-state index is -0.184. The maximum atomic E-state index is 12.0. The summed E-state index contributed by atoms with van der Waals surface area (Å²) in [6.07, 6.45) is 3.26. The van der Waals surface area contributed by atoms with Gasteiger partial charge in [0.15, 0.2) is 0 Å². The fourth-order valence-electron chi connectivity index (χ4n) is 2.89. The van der Waals surface area contributed by atoms with Crippen LogP contribution in [-0.2, 0) is 9.53 Å². The second kappa shape index (κ2) is 9.38. The molecule has 1 saturated heterocycles. The smallest absolute Gasteiger partial charge is 0.323 e. The molecule has 1 fully saturated rings. The van der Waals surface area contributed by atoms with Crippen LogP contribution in [0.4, 0.5) is 0 Å². The first-order valence-electron chi connectivity index (χ1n) is 8.25. The molecule has 1 aliphatic heterocycles. The molecule has 1 aliphatic rings. The van der Waals surface area contributed by atoms with Gasteiger partial charge in [0, 0.05) is 18.6 Å². The fraction of sp³-hybridized carbons (Fsp3) is 0.938. The van der Waals surface area contributed by atoms with Gasteiger partial charge >= 0.3 is 5.97 Å². The van der Waals surface area contributed by atoms with E-state index in [1.807, 2.05) is 6.92 Å². The molecule has 1 atom stereocenters. The molecule has 21 heavy (non-hydrogen) atoms. The normalized spacial score (nSPS) is 19.2. The predicted molar refractivity (Wildman–Crippen MR) is 86.5 cm³/mol. The van der Waals surface area contributed by atoms with Gasteiger partial charge in [-0.1, -0.05) is 13.8 Å². The standard InChI is InChI=1S/C16H33N3O2/c1-6-21-16(20)15(17-13(2)3)9-12-19-10-7-14(8-11-19)18(4)5/h13-15,17H,6-12H2,1-5H3. The third-order valence-electron chi connectivity index (χ3n) is 4.13. The first-order chi connectivity index (χ1) is 9.93. The maximum Gasteiger partial charge on any atom is 0.323 e. The SMILES string of the molecule is CCOC(=O)C(CCN1CCC(N(C)C)CC1)NC(C)C. The highest BCUT2D eigenvalue weighted by Crippen LogP contribution is 2.14. The van der Waals surface area contributed by atoms with Gasteiger partial charge in [0.1, 0.15) is 6.04 Å². The molecule has 5 nitrogen and oxygen atoms in total. The second-order valence-corrected chi connectivity index (χ2v) is 6.45. The van der Waals surface area contributed by atoms with Crippen molar-refractivity contribution in [2.24, 2.45) is 0 Å². The van der Waals surface area contributed by atoms with E-state index in [0.29, 0.717) is 18.7 Å². The number of nitrogens with one attached hydrogen (secondary N) is 1. The number of rotatable bonds is 8. The van der Waals surface area contributed by atoms with Crippen molar-refractivity contribution >= 4 is 5.97 Å². The molecule has 1 rings (SSSR count). The summed E-state index contributed by atoms with van der Waals surface area (Å²) in [5.74, 6) is -0.116. The number of nitrogens with zero attached hydrogens (tertiary/aromatic N) is 2. The van der Waals surface area contributed by atoms with Gasteiger partial charge in [-0.3, -0.25) is 4.79 Å². The van der Waals surface area contributed by atoms with Crippen LogP contribution in [0.1, 0.15) is 40.0 Å². The molecular formula is C16H33N3O2. The van der Waals surface area contributed by atoms with Crippen LogP contribution in [0.2, 0.25) is 0 Å². The lowest BCUT2D eigenvalue weighted by atomic mass is 10.0. The average Bonchev–Trinajstić information content (AvgIpc) is 2.43. The Balaban J connectivity index is 2.37. The van der Waals surface area contributed by atoms with Crippen molar-refractivity contribution in [2.45, 2.75) is 58.2 Å². The third-order valence-corrected chi connectivity index (χ3v) is 4.13. The van der Waals surface area contributed by atoms with E-state index in [2.05, 4.69) is 43.1 Å². The number of carbonyl (C=O) groups is 1. The zero-order valence-corrected chi connectivity index (χ0v) is 14.4. The van der Waals surface area contributed by atoms with Gasteiger partial charge < -0.3 is 19.9 Å². The van der Waals surface area contributed by atoms with Gasteiger partial charge in [-0.2, -0.15) is 0 Å². The molecule has 0 bridgehead atoms. The molecule has 0 saturated carbocycles. The molecule has 1 heterocycles. The molecule has 0 aliphatic carbocycles. The van der Waals surface area contributed by atoms with Gasteiger partial charge in [0.2, 0.25) is 0 Å². The molecule has 124 valence electrons. The van der Waals surface area contributed by atoms with Crippen molar-refractivity contribution in [3.8, 4) is 0 Å². The van der Waals surface area contributed by atoms with Gasteiger partial charge in [0.25, 0.3) is 0 Å². The number of likely N-dealkylation sites (tertiary alicyclic amines) is 1. The van der Waals surface area contributed by atoms with E-state index in [0.717, 1.165) is 26.1 Å². The average molecular weight is 299 g/mol. The summed E-state index contributed by atoms with van der Waals surface area (Å²) < 4.78 is 5.17. The quantitative estimate of drug-likeness (QED) is 0.685. The second-order valence-electron chi connectivity index (χ2n) is 6.45. The number of piperidine rings is 1. The number of ether oxygens (including phenoxy) is 1. The number of hydrogen-bond donors (Lipinski definition) is 1. The number of hydrogen-bond acceptors (Lipinski definition) is 5. The minimum Gasteiger partial charge on any atom is -0.465 e. The Morgan fingerprint density at radius 2 is 1.95 bits per heavy atom. The van der Waals surface area contributed by atoms with Gasteiger partial charge in [-0.05, 0) is 53.4 Å². The molecule has 0 spiro atoms. The Bertz CT molecular complexity index is 300. The van der Waals surface area contributed by atoms with E-state index in [4.69, 9.17) is 4.74 Å². The van der Waals surface area contributed by atoms with Gasteiger partial charge in [-0.25, -0.2) is 0 Å². The third kappa shape index (κ3) is 6.76. The summed E-state index contributed by atoms with van der Waals surface area (Å²) in [7, 11) is 4.31. The Hall–Kier alpha value is -0.650. The Morgan fingerprint density at radius 3 is 2.43 bits per heavy atom. The molecule has 0 aromatic heterocycles. The fourth-order valence-corrected chi connectivity index (χ4v) is 2.89. The minimum absolute atomic E-state index is 0.116. The van der Waals surface area contributed by atoms with Crippen LogP contribution in [-0.4, -0.2) is 74.2 Å². The van der Waals surface area contributed by atoms with E-state index in [1.165, 1.54) is 12.8 Å². The first kappa shape index (κ1) is 18.4. The topological polar surface area (TPSA) is 44.8 Å². The van der Waals surface area contributed by atoms with E-state index in [9.17, 15) is 4.79 Å². The van der Waals surface area contributed by atoms with Crippen molar-refractivity contribution in [1.82, 2.24) is 15.1 Å². The van der Waals surface area contributed by atoms with Crippen LogP contribution in [0.15, 0.2) is 0 Å². The predicted octanol–water partition coefficient (Wildman–Crippen LogP) is 1.33. The molecule has 0 amide bonds. The summed E-state index contributed by atoms with van der Waals surface area (Å²) in [6.45, 7) is 9.65. The van der Waals surface area contributed by atoms with Crippen molar-refractivity contribution in [3.63, 3.8) is 0 Å². The molecule has 5 heteroatoms. The summed E-state index contributed by atoms with van der Waals surface area (Å²) in [6, 6.07) is 0.811. The zero-order valence-electron chi connectivity index (χ0n) is 14.4.